The Bertz CT molecular complexity index is 1110. The highest BCUT2D eigenvalue weighted by atomic mass is 19.1. The number of halogens is 1. The van der Waals surface area contributed by atoms with Gasteiger partial charge in [0.15, 0.2) is 17.3 Å². The molecule has 0 saturated heterocycles. The van der Waals surface area contributed by atoms with Crippen LogP contribution in [0.4, 0.5) is 10.1 Å². The fourth-order valence-electron chi connectivity index (χ4n) is 3.05. The molecule has 0 bridgehead atoms. The van der Waals surface area contributed by atoms with Crippen LogP contribution >= 0.6 is 0 Å². The molecule has 0 unspecified atom stereocenters. The normalized spacial score (nSPS) is 11.8. The number of anilines is 1. The molecule has 1 N–H and O–H groups in total. The largest absolute Gasteiger partial charge is 0.488 e. The first-order valence-electron chi connectivity index (χ1n) is 9.23. The van der Waals surface area contributed by atoms with E-state index in [2.05, 4.69) is 5.32 Å². The average molecular weight is 407 g/mol. The average Bonchev–Trinajstić information content (AvgIpc) is 3.20. The zero-order chi connectivity index (χ0) is 21.1. The van der Waals surface area contributed by atoms with Crippen molar-refractivity contribution in [2.45, 2.75) is 13.5 Å². The minimum absolute atomic E-state index is 0.0597. The minimum Gasteiger partial charge on any atom is -0.488 e. The van der Waals surface area contributed by atoms with E-state index in [4.69, 9.17) is 14.2 Å². The quantitative estimate of drug-likeness (QED) is 0.605. The summed E-state index contributed by atoms with van der Waals surface area (Å²) in [6.45, 7) is 1.64. The number of amides is 1. The second-order valence-electron chi connectivity index (χ2n) is 6.67. The Morgan fingerprint density at radius 2 is 1.70 bits per heavy atom. The van der Waals surface area contributed by atoms with E-state index in [0.717, 1.165) is 5.56 Å². The number of benzene rings is 3. The molecule has 0 aliphatic carbocycles. The summed E-state index contributed by atoms with van der Waals surface area (Å²) in [6.07, 6.45) is 0. The van der Waals surface area contributed by atoms with Crippen LogP contribution in [-0.4, -0.2) is 18.5 Å². The minimum atomic E-state index is -0.439. The number of nitrogens with one attached hydrogen (secondary N) is 1. The molecular weight excluding hydrogens is 389 g/mol. The van der Waals surface area contributed by atoms with Gasteiger partial charge in [0.25, 0.3) is 5.91 Å². The third kappa shape index (κ3) is 4.10. The molecule has 6 nitrogen and oxygen atoms in total. The number of carbonyl (C=O) groups is 2. The summed E-state index contributed by atoms with van der Waals surface area (Å²) in [6, 6.07) is 15.8. The molecule has 0 radical (unpaired) electrons. The molecule has 1 aliphatic heterocycles. The standard InChI is InChI=1S/C23H18FNO5/c1-14(26)18-10-21-22(30-13-29-21)11-19(18)25-23(27)17-4-2-3-5-20(17)28-12-15-6-8-16(24)9-7-15/h2-11H,12-13H2,1H3,(H,25,27). The predicted molar refractivity (Wildman–Crippen MR) is 108 cm³/mol. The number of para-hydroxylation sites is 1. The molecule has 0 saturated carbocycles. The van der Waals surface area contributed by atoms with Gasteiger partial charge in [0.1, 0.15) is 18.2 Å². The zero-order valence-electron chi connectivity index (χ0n) is 16.1. The number of hydrogen-bond donors (Lipinski definition) is 1. The van der Waals surface area contributed by atoms with Crippen molar-refractivity contribution in [2.24, 2.45) is 0 Å². The number of rotatable bonds is 6. The Balaban J connectivity index is 1.56. The molecule has 1 aliphatic rings. The summed E-state index contributed by atoms with van der Waals surface area (Å²) < 4.78 is 29.5. The molecule has 1 heterocycles. The third-order valence-electron chi connectivity index (χ3n) is 4.58. The lowest BCUT2D eigenvalue weighted by Gasteiger charge is -2.14. The summed E-state index contributed by atoms with van der Waals surface area (Å²) in [5.74, 6) is 0.292. The molecule has 4 rings (SSSR count). The lowest BCUT2D eigenvalue weighted by Crippen LogP contribution is -2.15. The Kier molecular flexibility index (Phi) is 5.34. The molecule has 0 fully saturated rings. The molecule has 152 valence electrons. The second kappa shape index (κ2) is 8.24. The SMILES string of the molecule is CC(=O)c1cc2c(cc1NC(=O)c1ccccc1OCc1ccc(F)cc1)OCO2. The molecule has 0 spiro atoms. The molecule has 3 aromatic carbocycles. The van der Waals surface area contributed by atoms with E-state index in [1.165, 1.54) is 19.1 Å². The van der Waals surface area contributed by atoms with E-state index in [-0.39, 0.29) is 25.0 Å². The highest BCUT2D eigenvalue weighted by molar-refractivity contribution is 6.10. The Hall–Kier alpha value is -3.87. The molecule has 3 aromatic rings. The first kappa shape index (κ1) is 19.4. The van der Waals surface area contributed by atoms with Gasteiger partial charge in [-0.05, 0) is 42.8 Å². The van der Waals surface area contributed by atoms with Crippen molar-refractivity contribution >= 4 is 17.4 Å². The molecule has 1 amide bonds. The topological polar surface area (TPSA) is 73.9 Å². The van der Waals surface area contributed by atoms with Crippen LogP contribution in [0.1, 0.15) is 33.2 Å². The van der Waals surface area contributed by atoms with E-state index >= 15 is 0 Å². The van der Waals surface area contributed by atoms with E-state index in [1.807, 2.05) is 0 Å². The van der Waals surface area contributed by atoms with Crippen LogP contribution in [0.15, 0.2) is 60.7 Å². The highest BCUT2D eigenvalue weighted by Crippen LogP contribution is 2.37. The number of hydrogen-bond acceptors (Lipinski definition) is 5. The molecule has 7 heteroatoms. The number of Topliss-reactive ketones (excluding diaryl/α,β-unsaturated/α-hetero) is 1. The predicted octanol–water partition coefficient (Wildman–Crippen LogP) is 4.59. The zero-order valence-corrected chi connectivity index (χ0v) is 16.1. The van der Waals surface area contributed by atoms with E-state index in [1.54, 1.807) is 48.5 Å². The van der Waals surface area contributed by atoms with Gasteiger partial charge in [-0.25, -0.2) is 4.39 Å². The van der Waals surface area contributed by atoms with Crippen LogP contribution in [0.5, 0.6) is 17.2 Å². The third-order valence-corrected chi connectivity index (χ3v) is 4.58. The number of ketones is 1. The maximum absolute atomic E-state index is 13.1. The van der Waals surface area contributed by atoms with Crippen LogP contribution in [0, 0.1) is 5.82 Å². The summed E-state index contributed by atoms with van der Waals surface area (Å²) in [4.78, 5) is 25.0. The van der Waals surface area contributed by atoms with Gasteiger partial charge in [0, 0.05) is 11.6 Å². The number of carbonyl (C=O) groups excluding carboxylic acids is 2. The van der Waals surface area contributed by atoms with Crippen LogP contribution < -0.4 is 19.5 Å². The van der Waals surface area contributed by atoms with Crippen molar-refractivity contribution in [3.05, 3.63) is 83.2 Å². The van der Waals surface area contributed by atoms with Gasteiger partial charge < -0.3 is 19.5 Å². The Morgan fingerprint density at radius 3 is 2.43 bits per heavy atom. The van der Waals surface area contributed by atoms with Gasteiger partial charge in [-0.2, -0.15) is 0 Å². The van der Waals surface area contributed by atoms with Crippen LogP contribution in [0.25, 0.3) is 0 Å². The van der Waals surface area contributed by atoms with Gasteiger partial charge in [-0.3, -0.25) is 9.59 Å². The van der Waals surface area contributed by atoms with Gasteiger partial charge >= 0.3 is 0 Å². The summed E-state index contributed by atoms with van der Waals surface area (Å²) in [5.41, 5.74) is 1.70. The lowest BCUT2D eigenvalue weighted by molar-refractivity contribution is 0.101. The van der Waals surface area contributed by atoms with Crippen molar-refractivity contribution in [1.29, 1.82) is 0 Å². The summed E-state index contributed by atoms with van der Waals surface area (Å²) >= 11 is 0. The van der Waals surface area contributed by atoms with Crippen LogP contribution in [0.3, 0.4) is 0 Å². The van der Waals surface area contributed by atoms with Gasteiger partial charge in [0.2, 0.25) is 6.79 Å². The lowest BCUT2D eigenvalue weighted by atomic mass is 10.1. The Labute approximate surface area is 172 Å². The first-order valence-corrected chi connectivity index (χ1v) is 9.23. The fraction of sp³-hybridized carbons (Fsp3) is 0.130. The van der Waals surface area contributed by atoms with Crippen molar-refractivity contribution in [3.8, 4) is 17.2 Å². The monoisotopic (exact) mass is 407 g/mol. The van der Waals surface area contributed by atoms with Gasteiger partial charge in [-0.1, -0.05) is 24.3 Å². The molecule has 0 atom stereocenters. The summed E-state index contributed by atoms with van der Waals surface area (Å²) in [5, 5.41) is 2.76. The number of fused-ring (bicyclic) bond motifs is 1. The Morgan fingerprint density at radius 1 is 1.00 bits per heavy atom. The smallest absolute Gasteiger partial charge is 0.259 e. The van der Waals surface area contributed by atoms with Gasteiger partial charge in [0.05, 0.1) is 11.3 Å². The van der Waals surface area contributed by atoms with Crippen LogP contribution in [-0.2, 0) is 6.61 Å². The fourth-order valence-corrected chi connectivity index (χ4v) is 3.05. The van der Waals surface area contributed by atoms with Crippen molar-refractivity contribution in [3.63, 3.8) is 0 Å². The number of ether oxygens (including phenoxy) is 3. The summed E-state index contributed by atoms with van der Waals surface area (Å²) in [7, 11) is 0. The van der Waals surface area contributed by atoms with E-state index in [0.29, 0.717) is 34.1 Å². The van der Waals surface area contributed by atoms with E-state index < -0.39 is 5.91 Å². The molecule has 30 heavy (non-hydrogen) atoms. The van der Waals surface area contributed by atoms with Crippen molar-refractivity contribution in [1.82, 2.24) is 0 Å². The molecular formula is C23H18FNO5. The highest BCUT2D eigenvalue weighted by Gasteiger charge is 2.21. The van der Waals surface area contributed by atoms with Crippen LogP contribution in [0.2, 0.25) is 0 Å². The maximum atomic E-state index is 13.1. The van der Waals surface area contributed by atoms with E-state index in [9.17, 15) is 14.0 Å². The van der Waals surface area contributed by atoms with Crippen molar-refractivity contribution in [2.75, 3.05) is 12.1 Å². The van der Waals surface area contributed by atoms with Crippen molar-refractivity contribution < 1.29 is 28.2 Å². The molecule has 0 aromatic heterocycles. The van der Waals surface area contributed by atoms with Gasteiger partial charge in [-0.15, -0.1) is 0 Å². The second-order valence-corrected chi connectivity index (χ2v) is 6.67. The maximum Gasteiger partial charge on any atom is 0.259 e. The first-order chi connectivity index (χ1) is 14.5.